The molecule has 0 rings (SSSR count). The van der Waals surface area contributed by atoms with E-state index < -0.39 is 6.04 Å². The zero-order valence-corrected chi connectivity index (χ0v) is 8.94. The molecule has 0 unspecified atom stereocenters. The summed E-state index contributed by atoms with van der Waals surface area (Å²) in [6.07, 6.45) is 1.63. The Bertz CT molecular complexity index is 193. The molecule has 1 atom stereocenters. The molecule has 3 N–H and O–H groups in total. The third-order valence-corrected chi connectivity index (χ3v) is 2.03. The normalized spacial score (nSPS) is 12.6. The van der Waals surface area contributed by atoms with Crippen LogP contribution in [0.4, 0.5) is 0 Å². The van der Waals surface area contributed by atoms with E-state index in [2.05, 4.69) is 6.58 Å². The first-order valence-corrected chi connectivity index (χ1v) is 4.80. The SMILES string of the molecule is C=CCN(CCO)C(=O)[C@H](N)C(C)C. The molecule has 14 heavy (non-hydrogen) atoms. The maximum Gasteiger partial charge on any atom is 0.240 e. The Hall–Kier alpha value is -0.870. The number of aliphatic hydroxyl groups excluding tert-OH is 1. The van der Waals surface area contributed by atoms with Crippen LogP contribution >= 0.6 is 0 Å². The fourth-order valence-corrected chi connectivity index (χ4v) is 1.06. The fraction of sp³-hybridized carbons (Fsp3) is 0.700. The molecule has 1 amide bonds. The molecule has 0 fully saturated rings. The van der Waals surface area contributed by atoms with E-state index in [1.165, 1.54) is 4.90 Å². The molecule has 0 aliphatic heterocycles. The monoisotopic (exact) mass is 200 g/mol. The van der Waals surface area contributed by atoms with E-state index in [0.29, 0.717) is 13.1 Å². The quantitative estimate of drug-likeness (QED) is 0.592. The van der Waals surface area contributed by atoms with Gasteiger partial charge in [0.25, 0.3) is 0 Å². The summed E-state index contributed by atoms with van der Waals surface area (Å²) in [7, 11) is 0. The van der Waals surface area contributed by atoms with Gasteiger partial charge in [-0.3, -0.25) is 4.79 Å². The van der Waals surface area contributed by atoms with Crippen LogP contribution in [0.3, 0.4) is 0 Å². The summed E-state index contributed by atoms with van der Waals surface area (Å²) in [4.78, 5) is 13.2. The van der Waals surface area contributed by atoms with Gasteiger partial charge in [0.2, 0.25) is 5.91 Å². The smallest absolute Gasteiger partial charge is 0.240 e. The number of hydrogen-bond acceptors (Lipinski definition) is 3. The maximum atomic E-state index is 11.7. The van der Waals surface area contributed by atoms with E-state index in [0.717, 1.165) is 0 Å². The van der Waals surface area contributed by atoms with E-state index in [9.17, 15) is 4.79 Å². The molecule has 0 aromatic carbocycles. The van der Waals surface area contributed by atoms with Gasteiger partial charge in [0.1, 0.15) is 0 Å². The van der Waals surface area contributed by atoms with Crippen LogP contribution in [0.2, 0.25) is 0 Å². The summed E-state index contributed by atoms with van der Waals surface area (Å²) in [5.74, 6) is -0.0255. The van der Waals surface area contributed by atoms with Crippen LogP contribution in [0, 0.1) is 5.92 Å². The first kappa shape index (κ1) is 13.1. The highest BCUT2D eigenvalue weighted by atomic mass is 16.3. The lowest BCUT2D eigenvalue weighted by Gasteiger charge is -2.25. The minimum Gasteiger partial charge on any atom is -0.395 e. The Kier molecular flexibility index (Phi) is 6.16. The highest BCUT2D eigenvalue weighted by Gasteiger charge is 2.22. The molecule has 0 aliphatic carbocycles. The third-order valence-electron chi connectivity index (χ3n) is 2.03. The second-order valence-corrected chi connectivity index (χ2v) is 3.57. The number of rotatable bonds is 6. The van der Waals surface area contributed by atoms with Crippen molar-refractivity contribution in [3.63, 3.8) is 0 Å². The lowest BCUT2D eigenvalue weighted by Crippen LogP contribution is -2.47. The van der Waals surface area contributed by atoms with Gasteiger partial charge >= 0.3 is 0 Å². The fourth-order valence-electron chi connectivity index (χ4n) is 1.06. The zero-order valence-electron chi connectivity index (χ0n) is 8.94. The average molecular weight is 200 g/mol. The van der Waals surface area contributed by atoms with Crippen molar-refractivity contribution >= 4 is 5.91 Å². The van der Waals surface area contributed by atoms with Crippen LogP contribution in [0.25, 0.3) is 0 Å². The van der Waals surface area contributed by atoms with Crippen LogP contribution in [-0.4, -0.2) is 41.7 Å². The van der Waals surface area contributed by atoms with E-state index in [1.807, 2.05) is 13.8 Å². The van der Waals surface area contributed by atoms with Gasteiger partial charge in [0.15, 0.2) is 0 Å². The molecule has 0 spiro atoms. The molecule has 0 bridgehead atoms. The van der Waals surface area contributed by atoms with Gasteiger partial charge in [-0.2, -0.15) is 0 Å². The summed E-state index contributed by atoms with van der Waals surface area (Å²) < 4.78 is 0. The molecule has 0 heterocycles. The van der Waals surface area contributed by atoms with Gasteiger partial charge in [-0.1, -0.05) is 19.9 Å². The number of carbonyl (C=O) groups is 1. The predicted octanol–water partition coefficient (Wildman–Crippen LogP) is -0.0234. The number of aliphatic hydroxyl groups is 1. The van der Waals surface area contributed by atoms with Crippen molar-refractivity contribution in [1.29, 1.82) is 0 Å². The second-order valence-electron chi connectivity index (χ2n) is 3.57. The standard InChI is InChI=1S/C10H20N2O2/c1-4-5-12(6-7-13)10(14)9(11)8(2)3/h4,8-9,13H,1,5-7,11H2,2-3H3/t9-/m1/s1. The van der Waals surface area contributed by atoms with E-state index in [4.69, 9.17) is 10.8 Å². The first-order valence-electron chi connectivity index (χ1n) is 4.80. The van der Waals surface area contributed by atoms with Gasteiger partial charge < -0.3 is 15.7 Å². The van der Waals surface area contributed by atoms with Crippen molar-refractivity contribution in [2.45, 2.75) is 19.9 Å². The summed E-state index contributed by atoms with van der Waals surface area (Å²) in [5.41, 5.74) is 5.71. The minimum atomic E-state index is -0.499. The topological polar surface area (TPSA) is 66.6 Å². The average Bonchev–Trinajstić information content (AvgIpc) is 2.15. The summed E-state index contributed by atoms with van der Waals surface area (Å²) >= 11 is 0. The van der Waals surface area contributed by atoms with Gasteiger partial charge in [-0.15, -0.1) is 6.58 Å². The largest absolute Gasteiger partial charge is 0.395 e. The molecule has 4 nitrogen and oxygen atoms in total. The molecule has 82 valence electrons. The van der Waals surface area contributed by atoms with E-state index in [1.54, 1.807) is 6.08 Å². The lowest BCUT2D eigenvalue weighted by molar-refractivity contribution is -0.133. The highest BCUT2D eigenvalue weighted by Crippen LogP contribution is 2.03. The molecule has 0 radical (unpaired) electrons. The second kappa shape index (κ2) is 6.56. The lowest BCUT2D eigenvalue weighted by atomic mass is 10.0. The Morgan fingerprint density at radius 3 is 2.57 bits per heavy atom. The Balaban J connectivity index is 4.33. The molecule has 0 aromatic rings. The van der Waals surface area contributed by atoms with Gasteiger partial charge in [0, 0.05) is 13.1 Å². The van der Waals surface area contributed by atoms with Gasteiger partial charge in [-0.05, 0) is 5.92 Å². The number of amides is 1. The van der Waals surface area contributed by atoms with Crippen molar-refractivity contribution in [2.24, 2.45) is 11.7 Å². The molecular weight excluding hydrogens is 180 g/mol. The molecule has 0 aliphatic rings. The number of carbonyl (C=O) groups excluding carboxylic acids is 1. The number of nitrogens with zero attached hydrogens (tertiary/aromatic N) is 1. The molecule has 0 aromatic heterocycles. The molecule has 0 saturated heterocycles. The Morgan fingerprint density at radius 2 is 2.21 bits per heavy atom. The van der Waals surface area contributed by atoms with Gasteiger partial charge in [-0.25, -0.2) is 0 Å². The number of nitrogens with two attached hydrogens (primary N) is 1. The molecule has 4 heteroatoms. The van der Waals surface area contributed by atoms with Crippen LogP contribution in [-0.2, 0) is 4.79 Å². The summed E-state index contributed by atoms with van der Waals surface area (Å²) in [6, 6.07) is -0.499. The van der Waals surface area contributed by atoms with Crippen molar-refractivity contribution < 1.29 is 9.90 Å². The summed E-state index contributed by atoms with van der Waals surface area (Å²) in [6.45, 7) is 8.04. The third kappa shape index (κ3) is 3.89. The van der Waals surface area contributed by atoms with Crippen LogP contribution < -0.4 is 5.73 Å². The van der Waals surface area contributed by atoms with Crippen LogP contribution in [0.1, 0.15) is 13.8 Å². The van der Waals surface area contributed by atoms with E-state index in [-0.39, 0.29) is 18.4 Å². The van der Waals surface area contributed by atoms with E-state index >= 15 is 0 Å². The maximum absolute atomic E-state index is 11.7. The molecule has 0 saturated carbocycles. The zero-order chi connectivity index (χ0) is 11.1. The Labute approximate surface area is 85.4 Å². The predicted molar refractivity (Wildman–Crippen MR) is 56.7 cm³/mol. The number of hydrogen-bond donors (Lipinski definition) is 2. The first-order chi connectivity index (χ1) is 6.54. The van der Waals surface area contributed by atoms with Crippen LogP contribution in [0.5, 0.6) is 0 Å². The highest BCUT2D eigenvalue weighted by molar-refractivity contribution is 5.82. The minimum absolute atomic E-state index is 0.0512. The van der Waals surface area contributed by atoms with Crippen molar-refractivity contribution in [3.8, 4) is 0 Å². The molecular formula is C10H20N2O2. The summed E-state index contributed by atoms with van der Waals surface area (Å²) in [5, 5.41) is 8.76. The van der Waals surface area contributed by atoms with Crippen molar-refractivity contribution in [3.05, 3.63) is 12.7 Å². The van der Waals surface area contributed by atoms with Gasteiger partial charge in [0.05, 0.1) is 12.6 Å². The Morgan fingerprint density at radius 1 is 1.64 bits per heavy atom. The van der Waals surface area contributed by atoms with Crippen molar-refractivity contribution in [2.75, 3.05) is 19.7 Å². The van der Waals surface area contributed by atoms with Crippen LogP contribution in [0.15, 0.2) is 12.7 Å². The van der Waals surface area contributed by atoms with Crippen molar-refractivity contribution in [1.82, 2.24) is 4.90 Å².